The summed E-state index contributed by atoms with van der Waals surface area (Å²) in [7, 11) is 0. The van der Waals surface area contributed by atoms with E-state index in [4.69, 9.17) is 4.42 Å². The predicted molar refractivity (Wildman–Crippen MR) is 78.3 cm³/mol. The summed E-state index contributed by atoms with van der Waals surface area (Å²) in [4.78, 5) is 29.3. The highest BCUT2D eigenvalue weighted by molar-refractivity contribution is 5.97. The summed E-state index contributed by atoms with van der Waals surface area (Å²) in [6.45, 7) is 0.475. The summed E-state index contributed by atoms with van der Waals surface area (Å²) in [6, 6.07) is 6.23. The Labute approximate surface area is 127 Å². The number of aliphatic carboxylic acids is 1. The van der Waals surface area contributed by atoms with Gasteiger partial charge in [-0.3, -0.25) is 4.79 Å². The van der Waals surface area contributed by atoms with Crippen molar-refractivity contribution < 1.29 is 19.1 Å². The van der Waals surface area contributed by atoms with E-state index in [1.54, 1.807) is 24.4 Å². The topological polar surface area (TPSA) is 83.6 Å². The number of amides is 1. The van der Waals surface area contributed by atoms with E-state index in [-0.39, 0.29) is 5.91 Å². The molecule has 1 unspecified atom stereocenters. The molecule has 3 rings (SSSR count). The minimum absolute atomic E-state index is 0.256. The molecule has 114 valence electrons. The van der Waals surface area contributed by atoms with Crippen LogP contribution < -0.4 is 0 Å². The molecule has 1 amide bonds. The van der Waals surface area contributed by atoms with Gasteiger partial charge < -0.3 is 14.4 Å². The van der Waals surface area contributed by atoms with Gasteiger partial charge in [0.25, 0.3) is 5.91 Å². The van der Waals surface area contributed by atoms with E-state index in [1.165, 1.54) is 11.3 Å². The largest absolute Gasteiger partial charge is 0.480 e. The number of carboxylic acid groups (broad SMARTS) is 1. The monoisotopic (exact) mass is 300 g/mol. The van der Waals surface area contributed by atoms with Crippen molar-refractivity contribution in [1.82, 2.24) is 9.88 Å². The zero-order valence-electron chi connectivity index (χ0n) is 11.9. The average molecular weight is 300 g/mol. The molecule has 0 saturated carbocycles. The van der Waals surface area contributed by atoms with Crippen molar-refractivity contribution in [2.75, 3.05) is 6.54 Å². The predicted octanol–water partition coefficient (Wildman–Crippen LogP) is 2.42. The summed E-state index contributed by atoms with van der Waals surface area (Å²) < 4.78 is 5.23. The van der Waals surface area contributed by atoms with Gasteiger partial charge in [0.1, 0.15) is 6.04 Å². The van der Waals surface area contributed by atoms with Crippen molar-refractivity contribution in [3.05, 3.63) is 42.4 Å². The number of hydrogen-bond donors (Lipinski definition) is 1. The molecule has 1 atom stereocenters. The molecular weight excluding hydrogens is 284 g/mol. The second kappa shape index (κ2) is 6.01. The van der Waals surface area contributed by atoms with Gasteiger partial charge in [-0.05, 0) is 31.4 Å². The second-order valence-corrected chi connectivity index (χ2v) is 5.29. The standard InChI is InChI=1S/C16H16N2O4/c19-15(18-7-2-1-6-13(18)16(20)21)12-5-3-4-11(8-12)14-9-17-10-22-14/h3-5,8-10,13H,1-2,6-7H2,(H,20,21). The minimum atomic E-state index is -0.945. The van der Waals surface area contributed by atoms with Crippen molar-refractivity contribution in [1.29, 1.82) is 0 Å². The number of carbonyl (C=O) groups is 2. The average Bonchev–Trinajstić information content (AvgIpc) is 3.09. The summed E-state index contributed by atoms with van der Waals surface area (Å²) in [5.74, 6) is -0.629. The Morgan fingerprint density at radius 3 is 2.91 bits per heavy atom. The van der Waals surface area contributed by atoms with E-state index < -0.39 is 12.0 Å². The van der Waals surface area contributed by atoms with E-state index in [0.29, 0.717) is 24.3 Å². The van der Waals surface area contributed by atoms with Crippen LogP contribution in [0.15, 0.2) is 41.3 Å². The number of oxazole rings is 1. The van der Waals surface area contributed by atoms with Gasteiger partial charge in [-0.1, -0.05) is 12.1 Å². The first-order chi connectivity index (χ1) is 10.7. The third kappa shape index (κ3) is 2.72. The fourth-order valence-electron chi connectivity index (χ4n) is 2.76. The van der Waals surface area contributed by atoms with Crippen LogP contribution >= 0.6 is 0 Å². The van der Waals surface area contributed by atoms with Gasteiger partial charge in [-0.15, -0.1) is 0 Å². The molecule has 1 fully saturated rings. The Balaban J connectivity index is 1.88. The lowest BCUT2D eigenvalue weighted by molar-refractivity contribution is -0.143. The molecule has 0 bridgehead atoms. The van der Waals surface area contributed by atoms with Crippen LogP contribution in [0.2, 0.25) is 0 Å². The lowest BCUT2D eigenvalue weighted by Crippen LogP contribution is -2.47. The zero-order chi connectivity index (χ0) is 15.5. The van der Waals surface area contributed by atoms with Crippen molar-refractivity contribution in [3.8, 4) is 11.3 Å². The van der Waals surface area contributed by atoms with Crippen LogP contribution in [0.5, 0.6) is 0 Å². The Kier molecular flexibility index (Phi) is 3.91. The normalized spacial score (nSPS) is 18.2. The van der Waals surface area contributed by atoms with Crippen molar-refractivity contribution in [3.63, 3.8) is 0 Å². The fourth-order valence-corrected chi connectivity index (χ4v) is 2.76. The van der Waals surface area contributed by atoms with E-state index in [0.717, 1.165) is 18.4 Å². The zero-order valence-corrected chi connectivity index (χ0v) is 11.9. The number of piperidine rings is 1. The maximum absolute atomic E-state index is 12.7. The number of nitrogens with zero attached hydrogens (tertiary/aromatic N) is 2. The van der Waals surface area contributed by atoms with Gasteiger partial charge in [0, 0.05) is 17.7 Å². The van der Waals surface area contributed by atoms with Crippen molar-refractivity contribution >= 4 is 11.9 Å². The molecule has 0 spiro atoms. The number of likely N-dealkylation sites (tertiary alicyclic amines) is 1. The van der Waals surface area contributed by atoms with Gasteiger partial charge in [0.05, 0.1) is 6.20 Å². The van der Waals surface area contributed by atoms with Gasteiger partial charge in [0.2, 0.25) is 0 Å². The molecule has 6 heteroatoms. The molecule has 2 heterocycles. The summed E-state index contributed by atoms with van der Waals surface area (Å²) >= 11 is 0. The van der Waals surface area contributed by atoms with Gasteiger partial charge in [0.15, 0.2) is 12.2 Å². The lowest BCUT2D eigenvalue weighted by Gasteiger charge is -2.33. The van der Waals surface area contributed by atoms with Crippen molar-refractivity contribution in [2.24, 2.45) is 0 Å². The SMILES string of the molecule is O=C(O)C1CCCCN1C(=O)c1cccc(-c2cnco2)c1. The van der Waals surface area contributed by atoms with Gasteiger partial charge in [-0.2, -0.15) is 0 Å². The lowest BCUT2D eigenvalue weighted by atomic mass is 10.00. The smallest absolute Gasteiger partial charge is 0.326 e. The Bertz CT molecular complexity index is 681. The fraction of sp³-hybridized carbons (Fsp3) is 0.312. The molecule has 1 aliphatic heterocycles. The Morgan fingerprint density at radius 1 is 1.32 bits per heavy atom. The van der Waals surface area contributed by atoms with Crippen LogP contribution in [0, 0.1) is 0 Å². The van der Waals surface area contributed by atoms with E-state index in [2.05, 4.69) is 4.98 Å². The van der Waals surface area contributed by atoms with E-state index >= 15 is 0 Å². The third-order valence-electron chi connectivity index (χ3n) is 3.88. The molecule has 22 heavy (non-hydrogen) atoms. The van der Waals surface area contributed by atoms with Crippen LogP contribution in [0.25, 0.3) is 11.3 Å². The second-order valence-electron chi connectivity index (χ2n) is 5.29. The van der Waals surface area contributed by atoms with Crippen LogP contribution in [-0.4, -0.2) is 39.5 Å². The van der Waals surface area contributed by atoms with Gasteiger partial charge in [-0.25, -0.2) is 9.78 Å². The number of aromatic nitrogens is 1. The summed E-state index contributed by atoms with van der Waals surface area (Å²) in [5.41, 5.74) is 1.20. The van der Waals surface area contributed by atoms with Crippen LogP contribution in [0.1, 0.15) is 29.6 Å². The first kappa shape index (κ1) is 14.3. The van der Waals surface area contributed by atoms with E-state index in [1.807, 2.05) is 6.07 Å². The number of carbonyl (C=O) groups excluding carboxylic acids is 1. The Hall–Kier alpha value is -2.63. The quantitative estimate of drug-likeness (QED) is 0.941. The molecular formula is C16H16N2O4. The number of carboxylic acids is 1. The maximum Gasteiger partial charge on any atom is 0.326 e. The summed E-state index contributed by atoms with van der Waals surface area (Å²) in [6.07, 6.45) is 5.07. The van der Waals surface area contributed by atoms with E-state index in [9.17, 15) is 14.7 Å². The molecule has 0 radical (unpaired) electrons. The molecule has 1 saturated heterocycles. The van der Waals surface area contributed by atoms with Gasteiger partial charge >= 0.3 is 5.97 Å². The number of hydrogen-bond acceptors (Lipinski definition) is 4. The minimum Gasteiger partial charge on any atom is -0.480 e. The first-order valence-electron chi connectivity index (χ1n) is 7.19. The highest BCUT2D eigenvalue weighted by Gasteiger charge is 2.32. The van der Waals surface area contributed by atoms with Crippen LogP contribution in [-0.2, 0) is 4.79 Å². The molecule has 1 aromatic carbocycles. The molecule has 1 N–H and O–H groups in total. The van der Waals surface area contributed by atoms with Crippen molar-refractivity contribution in [2.45, 2.75) is 25.3 Å². The number of rotatable bonds is 3. The third-order valence-corrected chi connectivity index (χ3v) is 3.88. The molecule has 0 aliphatic carbocycles. The van der Waals surface area contributed by atoms with Crippen LogP contribution in [0.4, 0.5) is 0 Å². The van der Waals surface area contributed by atoms with Crippen LogP contribution in [0.3, 0.4) is 0 Å². The molecule has 2 aromatic rings. The first-order valence-corrected chi connectivity index (χ1v) is 7.19. The molecule has 6 nitrogen and oxygen atoms in total. The maximum atomic E-state index is 12.7. The molecule has 1 aliphatic rings. The molecule has 1 aromatic heterocycles. The Morgan fingerprint density at radius 2 is 2.18 bits per heavy atom. The highest BCUT2D eigenvalue weighted by atomic mass is 16.4. The summed E-state index contributed by atoms with van der Waals surface area (Å²) in [5, 5.41) is 9.29. The highest BCUT2D eigenvalue weighted by Crippen LogP contribution is 2.23. The number of benzene rings is 1.